The molecule has 0 spiro atoms. The van der Waals surface area contributed by atoms with E-state index in [9.17, 15) is 5.11 Å². The highest BCUT2D eigenvalue weighted by molar-refractivity contribution is 4.95. The smallest absolute Gasteiger partial charge is 0.0729 e. The van der Waals surface area contributed by atoms with E-state index in [-0.39, 0.29) is 18.6 Å². The van der Waals surface area contributed by atoms with Crippen LogP contribution in [0.2, 0.25) is 0 Å². The van der Waals surface area contributed by atoms with Crippen molar-refractivity contribution in [3.63, 3.8) is 0 Å². The van der Waals surface area contributed by atoms with Gasteiger partial charge in [-0.15, -0.1) is 0 Å². The van der Waals surface area contributed by atoms with Crippen LogP contribution in [0.1, 0.15) is 6.92 Å². The summed E-state index contributed by atoms with van der Waals surface area (Å²) in [5.41, 5.74) is 1.10. The molecule has 1 aliphatic rings. The fourth-order valence-corrected chi connectivity index (χ4v) is 1.63. The first-order valence-electron chi connectivity index (χ1n) is 4.29. The van der Waals surface area contributed by atoms with Crippen LogP contribution in [0.25, 0.3) is 0 Å². The molecule has 2 N–H and O–H groups in total. The molecule has 0 saturated carbocycles. The van der Waals surface area contributed by atoms with Crippen molar-refractivity contribution in [2.24, 2.45) is 5.92 Å². The fourth-order valence-electron chi connectivity index (χ4n) is 1.63. The molecular weight excluding hydrogens is 154 g/mol. The zero-order chi connectivity index (χ0) is 9.14. The van der Waals surface area contributed by atoms with E-state index >= 15 is 0 Å². The summed E-state index contributed by atoms with van der Waals surface area (Å²) in [6.45, 7) is 8.13. The van der Waals surface area contributed by atoms with Crippen LogP contribution in [0.5, 0.6) is 0 Å². The summed E-state index contributed by atoms with van der Waals surface area (Å²) >= 11 is 0. The van der Waals surface area contributed by atoms with E-state index < -0.39 is 0 Å². The predicted molar refractivity (Wildman–Crippen MR) is 47.8 cm³/mol. The summed E-state index contributed by atoms with van der Waals surface area (Å²) in [6, 6.07) is 0. The molecule has 3 nitrogen and oxygen atoms in total. The van der Waals surface area contributed by atoms with Crippen LogP contribution in [-0.4, -0.2) is 47.5 Å². The van der Waals surface area contributed by atoms with Gasteiger partial charge in [-0.05, 0) is 6.92 Å². The lowest BCUT2D eigenvalue weighted by Gasteiger charge is -2.14. The molecule has 0 amide bonds. The summed E-state index contributed by atoms with van der Waals surface area (Å²) in [7, 11) is 0. The second-order valence-corrected chi connectivity index (χ2v) is 3.66. The summed E-state index contributed by atoms with van der Waals surface area (Å²) < 4.78 is 0. The van der Waals surface area contributed by atoms with Gasteiger partial charge in [-0.25, -0.2) is 0 Å². The Kier molecular flexibility index (Phi) is 3.26. The van der Waals surface area contributed by atoms with E-state index in [1.165, 1.54) is 0 Å². The average Bonchev–Trinajstić information content (AvgIpc) is 2.29. The Labute approximate surface area is 73.3 Å². The van der Waals surface area contributed by atoms with Crippen molar-refractivity contribution >= 4 is 0 Å². The molecule has 0 radical (unpaired) electrons. The minimum absolute atomic E-state index is 0.0318. The molecule has 1 aliphatic heterocycles. The van der Waals surface area contributed by atoms with Crippen molar-refractivity contribution in [1.29, 1.82) is 0 Å². The largest absolute Gasteiger partial charge is 0.396 e. The lowest BCUT2D eigenvalue weighted by molar-refractivity contribution is 0.103. The second kappa shape index (κ2) is 4.03. The Morgan fingerprint density at radius 1 is 1.58 bits per heavy atom. The molecular formula is C9H17NO2. The van der Waals surface area contributed by atoms with Gasteiger partial charge in [-0.3, -0.25) is 4.90 Å². The molecule has 2 unspecified atom stereocenters. The Morgan fingerprint density at radius 2 is 2.25 bits per heavy atom. The van der Waals surface area contributed by atoms with E-state index in [1.54, 1.807) is 0 Å². The molecule has 12 heavy (non-hydrogen) atoms. The molecule has 0 aliphatic carbocycles. The Morgan fingerprint density at radius 3 is 2.67 bits per heavy atom. The number of aliphatic hydroxyl groups excluding tert-OH is 2. The van der Waals surface area contributed by atoms with Crippen LogP contribution in [-0.2, 0) is 0 Å². The highest BCUT2D eigenvalue weighted by Crippen LogP contribution is 2.16. The molecule has 1 rings (SSSR count). The highest BCUT2D eigenvalue weighted by atomic mass is 16.3. The minimum Gasteiger partial charge on any atom is -0.396 e. The maximum absolute atomic E-state index is 9.44. The Hall–Kier alpha value is -0.380. The van der Waals surface area contributed by atoms with Crippen LogP contribution in [0, 0.1) is 5.92 Å². The molecule has 0 aromatic carbocycles. The minimum atomic E-state index is -0.366. The van der Waals surface area contributed by atoms with Gasteiger partial charge in [0.15, 0.2) is 0 Å². The number of rotatable bonds is 3. The van der Waals surface area contributed by atoms with Gasteiger partial charge < -0.3 is 10.2 Å². The third-order valence-electron chi connectivity index (χ3n) is 2.21. The van der Waals surface area contributed by atoms with Crippen molar-refractivity contribution < 1.29 is 10.2 Å². The number of hydrogen-bond acceptors (Lipinski definition) is 3. The molecule has 1 saturated heterocycles. The summed E-state index contributed by atoms with van der Waals surface area (Å²) in [6.07, 6.45) is -0.366. The van der Waals surface area contributed by atoms with Crippen molar-refractivity contribution in [3.8, 4) is 0 Å². The lowest BCUT2D eigenvalue weighted by Crippen LogP contribution is -2.23. The molecule has 1 fully saturated rings. The van der Waals surface area contributed by atoms with Gasteiger partial charge in [0.1, 0.15) is 0 Å². The highest BCUT2D eigenvalue weighted by Gasteiger charge is 2.30. The van der Waals surface area contributed by atoms with E-state index in [2.05, 4.69) is 11.5 Å². The fraction of sp³-hybridized carbons (Fsp3) is 0.778. The van der Waals surface area contributed by atoms with E-state index in [0.717, 1.165) is 18.7 Å². The summed E-state index contributed by atoms with van der Waals surface area (Å²) in [4.78, 5) is 2.12. The van der Waals surface area contributed by atoms with Crippen LogP contribution >= 0.6 is 0 Å². The predicted octanol–water partition coefficient (Wildman–Crippen LogP) is -0.152. The monoisotopic (exact) mass is 171 g/mol. The molecule has 1 heterocycles. The van der Waals surface area contributed by atoms with Gasteiger partial charge in [0.25, 0.3) is 0 Å². The average molecular weight is 171 g/mol. The number of hydrogen-bond donors (Lipinski definition) is 2. The molecule has 2 atom stereocenters. The lowest BCUT2D eigenvalue weighted by atomic mass is 10.1. The summed E-state index contributed by atoms with van der Waals surface area (Å²) in [5.74, 6) is 0.0318. The van der Waals surface area contributed by atoms with Crippen molar-refractivity contribution in [1.82, 2.24) is 4.90 Å². The maximum atomic E-state index is 9.44. The number of β-amino-alcohol motifs (C(OH)–C–C–N with tert-alkyl or cyclic N) is 1. The van der Waals surface area contributed by atoms with Crippen LogP contribution in [0.3, 0.4) is 0 Å². The third kappa shape index (κ3) is 2.30. The Balaban J connectivity index is 2.37. The maximum Gasteiger partial charge on any atom is 0.0729 e. The third-order valence-corrected chi connectivity index (χ3v) is 2.21. The van der Waals surface area contributed by atoms with Gasteiger partial charge in [0.2, 0.25) is 0 Å². The zero-order valence-corrected chi connectivity index (χ0v) is 7.53. The first-order chi connectivity index (χ1) is 5.63. The zero-order valence-electron chi connectivity index (χ0n) is 7.53. The normalized spacial score (nSPS) is 30.9. The molecule has 0 aromatic rings. The van der Waals surface area contributed by atoms with Gasteiger partial charge in [0, 0.05) is 32.2 Å². The number of aliphatic hydroxyl groups is 2. The van der Waals surface area contributed by atoms with Gasteiger partial charge in [-0.1, -0.05) is 12.2 Å². The van der Waals surface area contributed by atoms with E-state index in [1.807, 2.05) is 6.92 Å². The van der Waals surface area contributed by atoms with Crippen molar-refractivity contribution in [3.05, 3.63) is 12.2 Å². The quantitative estimate of drug-likeness (QED) is 0.580. The first-order valence-corrected chi connectivity index (χ1v) is 4.29. The topological polar surface area (TPSA) is 43.7 Å². The summed E-state index contributed by atoms with van der Waals surface area (Å²) in [5, 5.41) is 18.3. The Bertz CT molecular complexity index is 170. The van der Waals surface area contributed by atoms with Crippen LogP contribution < -0.4 is 0 Å². The van der Waals surface area contributed by atoms with Crippen LogP contribution in [0.15, 0.2) is 12.2 Å². The number of likely N-dealkylation sites (tertiary alicyclic amines) is 1. The van der Waals surface area contributed by atoms with Crippen LogP contribution in [0.4, 0.5) is 0 Å². The van der Waals surface area contributed by atoms with Gasteiger partial charge in [-0.2, -0.15) is 0 Å². The molecule has 70 valence electrons. The number of nitrogens with zero attached hydrogens (tertiary/aromatic N) is 1. The van der Waals surface area contributed by atoms with Gasteiger partial charge in [0.05, 0.1) is 6.10 Å². The second-order valence-electron chi connectivity index (χ2n) is 3.66. The van der Waals surface area contributed by atoms with Gasteiger partial charge >= 0.3 is 0 Å². The first kappa shape index (κ1) is 9.71. The molecule has 3 heteroatoms. The standard InChI is InChI=1S/C9H17NO2/c1-7(2)3-10-4-8(6-11)9(12)5-10/h8-9,11-12H,1,3-6H2,2H3. The SMILES string of the molecule is C=C(C)CN1CC(O)C(CO)C1. The van der Waals surface area contributed by atoms with Crippen molar-refractivity contribution in [2.75, 3.05) is 26.2 Å². The molecule has 0 aromatic heterocycles. The van der Waals surface area contributed by atoms with Crippen molar-refractivity contribution in [2.45, 2.75) is 13.0 Å². The molecule has 0 bridgehead atoms. The van der Waals surface area contributed by atoms with E-state index in [0.29, 0.717) is 6.54 Å². The van der Waals surface area contributed by atoms with E-state index in [4.69, 9.17) is 5.11 Å².